The van der Waals surface area contributed by atoms with E-state index in [0.29, 0.717) is 0 Å². The van der Waals surface area contributed by atoms with Crippen LogP contribution in [0.1, 0.15) is 0 Å². The summed E-state index contributed by atoms with van der Waals surface area (Å²) >= 11 is 4.77. The molecule has 0 aliphatic carbocycles. The van der Waals surface area contributed by atoms with Gasteiger partial charge in [-0.05, 0) is 15.9 Å². The Hall–Kier alpha value is -0.0200. The van der Waals surface area contributed by atoms with E-state index in [1.54, 1.807) is 7.11 Å². The van der Waals surface area contributed by atoms with Gasteiger partial charge >= 0.3 is 0 Å². The summed E-state index contributed by atoms with van der Waals surface area (Å²) in [4.78, 5) is 0. The van der Waals surface area contributed by atoms with Gasteiger partial charge in [0.1, 0.15) is 0 Å². The van der Waals surface area contributed by atoms with E-state index in [2.05, 4.69) is 21.3 Å². The summed E-state index contributed by atoms with van der Waals surface area (Å²) in [6.07, 6.45) is 0. The average Bonchev–Trinajstić information content (AvgIpc) is 2.14. The Morgan fingerprint density at radius 2 is 2.62 bits per heavy atom. The average molecular weight is 192 g/mol. The topological polar surface area (TPSA) is 9.23 Å². The number of ether oxygens (including phenoxy) is 1. The van der Waals surface area contributed by atoms with Crippen LogP contribution in [0.15, 0.2) is 9.85 Å². The van der Waals surface area contributed by atoms with Crippen LogP contribution in [0.5, 0.6) is 5.75 Å². The van der Waals surface area contributed by atoms with Crippen molar-refractivity contribution in [3.63, 3.8) is 0 Å². The largest absolute Gasteiger partial charge is 0.494 e. The second-order valence-electron chi connectivity index (χ2n) is 1.22. The van der Waals surface area contributed by atoms with Gasteiger partial charge in [-0.15, -0.1) is 11.3 Å². The molecule has 1 aromatic rings. The lowest BCUT2D eigenvalue weighted by Crippen LogP contribution is -1.77. The van der Waals surface area contributed by atoms with Crippen molar-refractivity contribution in [2.45, 2.75) is 0 Å². The Kier molecular flexibility index (Phi) is 1.91. The van der Waals surface area contributed by atoms with Crippen molar-refractivity contribution in [3.05, 3.63) is 15.2 Å². The number of hydrogen-bond acceptors (Lipinski definition) is 2. The van der Waals surface area contributed by atoms with Crippen molar-refractivity contribution in [1.82, 2.24) is 0 Å². The van der Waals surface area contributed by atoms with Gasteiger partial charge in [0, 0.05) is 5.38 Å². The summed E-state index contributed by atoms with van der Waals surface area (Å²) in [6.45, 7) is 0. The van der Waals surface area contributed by atoms with Gasteiger partial charge in [0.15, 0.2) is 5.75 Å². The first-order chi connectivity index (χ1) is 3.84. The molecule has 0 aliphatic rings. The Bertz CT molecular complexity index is 173. The lowest BCUT2D eigenvalue weighted by Gasteiger charge is -1.90. The number of hydrogen-bond donors (Lipinski definition) is 0. The van der Waals surface area contributed by atoms with Crippen LogP contribution >= 0.6 is 27.3 Å². The van der Waals surface area contributed by atoms with Crippen LogP contribution in [0.3, 0.4) is 0 Å². The van der Waals surface area contributed by atoms with Crippen LogP contribution in [0.25, 0.3) is 0 Å². The van der Waals surface area contributed by atoms with Crippen molar-refractivity contribution in [3.8, 4) is 5.75 Å². The summed E-state index contributed by atoms with van der Waals surface area (Å²) in [5.41, 5.74) is 0. The van der Waals surface area contributed by atoms with Crippen molar-refractivity contribution in [2.24, 2.45) is 0 Å². The first kappa shape index (κ1) is 6.11. The summed E-state index contributed by atoms with van der Waals surface area (Å²) in [7, 11) is 1.63. The van der Waals surface area contributed by atoms with Gasteiger partial charge in [-0.25, -0.2) is 0 Å². The highest BCUT2D eigenvalue weighted by molar-refractivity contribution is 9.10. The van der Waals surface area contributed by atoms with Crippen LogP contribution < -0.4 is 4.74 Å². The molecule has 43 valence electrons. The van der Waals surface area contributed by atoms with Gasteiger partial charge in [0.25, 0.3) is 0 Å². The zero-order chi connectivity index (χ0) is 5.98. The van der Waals surface area contributed by atoms with E-state index in [-0.39, 0.29) is 0 Å². The van der Waals surface area contributed by atoms with Crippen molar-refractivity contribution in [2.75, 3.05) is 7.11 Å². The van der Waals surface area contributed by atoms with E-state index in [0.717, 1.165) is 10.2 Å². The van der Waals surface area contributed by atoms with E-state index < -0.39 is 0 Å². The minimum atomic E-state index is 0.787. The van der Waals surface area contributed by atoms with Crippen molar-refractivity contribution in [1.29, 1.82) is 0 Å². The molecule has 1 heterocycles. The number of methoxy groups -OCH3 is 1. The highest BCUT2D eigenvalue weighted by atomic mass is 79.9. The van der Waals surface area contributed by atoms with Crippen LogP contribution in [-0.2, 0) is 0 Å². The van der Waals surface area contributed by atoms with E-state index in [1.807, 2.05) is 5.38 Å². The second kappa shape index (κ2) is 2.51. The van der Waals surface area contributed by atoms with Gasteiger partial charge in [0.05, 0.1) is 17.0 Å². The maximum absolute atomic E-state index is 4.89. The second-order valence-corrected chi connectivity index (χ2v) is 2.75. The molecule has 0 aliphatic heterocycles. The molecular weight excluding hydrogens is 188 g/mol. The Labute approximate surface area is 60.4 Å². The van der Waals surface area contributed by atoms with Crippen LogP contribution in [-0.4, -0.2) is 7.11 Å². The molecule has 0 spiro atoms. The summed E-state index contributed by atoms with van der Waals surface area (Å²) in [5, 5.41) is 4.86. The molecule has 1 nitrogen and oxygen atoms in total. The predicted octanol–water partition coefficient (Wildman–Crippen LogP) is 2.32. The third-order valence-corrected chi connectivity index (χ3v) is 2.28. The molecular formula is C5H4BrOS. The molecule has 3 heteroatoms. The van der Waals surface area contributed by atoms with Gasteiger partial charge in [-0.2, -0.15) is 0 Å². The van der Waals surface area contributed by atoms with Crippen molar-refractivity contribution >= 4 is 27.3 Å². The molecule has 0 aromatic carbocycles. The molecule has 0 saturated carbocycles. The summed E-state index contributed by atoms with van der Waals surface area (Å²) in [5.74, 6) is 0.787. The highest BCUT2D eigenvalue weighted by Gasteiger charge is 1.97. The van der Waals surface area contributed by atoms with E-state index in [9.17, 15) is 0 Å². The summed E-state index contributed by atoms with van der Waals surface area (Å²) < 4.78 is 5.87. The third kappa shape index (κ3) is 1.03. The zero-order valence-corrected chi connectivity index (χ0v) is 6.67. The van der Waals surface area contributed by atoms with E-state index in [4.69, 9.17) is 4.74 Å². The van der Waals surface area contributed by atoms with E-state index in [1.165, 1.54) is 11.3 Å². The first-order valence-electron chi connectivity index (χ1n) is 2.03. The molecule has 1 rings (SSSR count). The fourth-order valence-corrected chi connectivity index (χ4v) is 1.62. The first-order valence-corrected chi connectivity index (χ1v) is 3.70. The third-order valence-electron chi connectivity index (χ3n) is 0.735. The highest BCUT2D eigenvalue weighted by Crippen LogP contribution is 2.27. The quantitative estimate of drug-likeness (QED) is 0.663. The molecule has 0 bridgehead atoms. The molecule has 0 N–H and O–H groups in total. The molecule has 1 radical (unpaired) electrons. The monoisotopic (exact) mass is 191 g/mol. The molecule has 8 heavy (non-hydrogen) atoms. The number of halogens is 1. The molecule has 0 atom stereocenters. The fraction of sp³-hybridized carbons (Fsp3) is 0.200. The molecule has 0 unspecified atom stereocenters. The maximum atomic E-state index is 4.89. The molecule has 0 fully saturated rings. The SMILES string of the molecule is COc1[c]scc1Br. The predicted molar refractivity (Wildman–Crippen MR) is 37.4 cm³/mol. The molecule has 1 aromatic heterocycles. The van der Waals surface area contributed by atoms with Gasteiger partial charge in [-0.1, -0.05) is 0 Å². The van der Waals surface area contributed by atoms with Gasteiger partial charge in [0.2, 0.25) is 0 Å². The van der Waals surface area contributed by atoms with Crippen LogP contribution in [0.2, 0.25) is 0 Å². The number of thiophene rings is 1. The minimum absolute atomic E-state index is 0.787. The fourth-order valence-electron chi connectivity index (χ4n) is 0.376. The zero-order valence-electron chi connectivity index (χ0n) is 4.27. The summed E-state index contributed by atoms with van der Waals surface area (Å²) in [6, 6.07) is 0. The maximum Gasteiger partial charge on any atom is 0.152 e. The number of rotatable bonds is 1. The Morgan fingerprint density at radius 1 is 1.88 bits per heavy atom. The Balaban J connectivity index is 2.92. The lowest BCUT2D eigenvalue weighted by molar-refractivity contribution is 0.413. The van der Waals surface area contributed by atoms with Crippen LogP contribution in [0, 0.1) is 5.38 Å². The Morgan fingerprint density at radius 3 is 2.88 bits per heavy atom. The minimum Gasteiger partial charge on any atom is -0.494 e. The van der Waals surface area contributed by atoms with Crippen molar-refractivity contribution < 1.29 is 4.74 Å². The van der Waals surface area contributed by atoms with Gasteiger partial charge < -0.3 is 4.74 Å². The lowest BCUT2D eigenvalue weighted by atomic mass is 10.6. The molecule has 0 saturated heterocycles. The smallest absolute Gasteiger partial charge is 0.152 e. The molecule has 0 amide bonds. The van der Waals surface area contributed by atoms with Crippen LogP contribution in [0.4, 0.5) is 0 Å². The standard InChI is InChI=1S/C5H4BrOS/c1-7-5-3-8-2-4(5)6/h2H,1H3. The van der Waals surface area contributed by atoms with Gasteiger partial charge in [-0.3, -0.25) is 0 Å². The van der Waals surface area contributed by atoms with E-state index >= 15 is 0 Å². The normalized spacial score (nSPS) is 9.25.